The van der Waals surface area contributed by atoms with Gasteiger partial charge in [-0.05, 0) is 59.5 Å². The van der Waals surface area contributed by atoms with Gasteiger partial charge in [0.1, 0.15) is 12.4 Å². The predicted molar refractivity (Wildman–Crippen MR) is 115 cm³/mol. The number of rotatable bonds is 6. The molecular weight excluding hydrogens is 364 g/mol. The highest BCUT2D eigenvalue weighted by atomic mass is 16.5. The van der Waals surface area contributed by atoms with Crippen LogP contribution < -0.4 is 4.74 Å². The van der Waals surface area contributed by atoms with Crippen molar-refractivity contribution in [3.8, 4) is 5.75 Å². The number of hydrogen-bond acceptors (Lipinski definition) is 4. The van der Waals surface area contributed by atoms with E-state index in [1.807, 2.05) is 37.3 Å². The van der Waals surface area contributed by atoms with E-state index < -0.39 is 0 Å². The Bertz CT molecular complexity index is 1080. The molecule has 0 unspecified atom stereocenters. The van der Waals surface area contributed by atoms with Gasteiger partial charge in [0, 0.05) is 5.41 Å². The van der Waals surface area contributed by atoms with Gasteiger partial charge in [0.25, 0.3) is 0 Å². The van der Waals surface area contributed by atoms with E-state index in [2.05, 4.69) is 32.0 Å². The topological polar surface area (TPSA) is 52.6 Å². The van der Waals surface area contributed by atoms with Gasteiger partial charge in [-0.3, -0.25) is 4.79 Å². The molecule has 0 aliphatic rings. The Hall–Kier alpha value is -3.14. The fourth-order valence-electron chi connectivity index (χ4n) is 3.43. The lowest BCUT2D eigenvalue weighted by Crippen LogP contribution is -2.19. The van der Waals surface area contributed by atoms with Gasteiger partial charge in [0.15, 0.2) is 5.78 Å². The zero-order chi connectivity index (χ0) is 21.2. The molecule has 3 rings (SSSR count). The Kier molecular flexibility index (Phi) is 5.73. The quantitative estimate of drug-likeness (QED) is 0.541. The van der Waals surface area contributed by atoms with Crippen LogP contribution >= 0.6 is 0 Å². The Morgan fingerprint density at radius 3 is 2.17 bits per heavy atom. The van der Waals surface area contributed by atoms with Crippen LogP contribution in [-0.2, 0) is 14.9 Å². The molecule has 3 aromatic rings. The minimum Gasteiger partial charge on any atom is -0.486 e. The maximum absolute atomic E-state index is 11.8. The number of methoxy groups -OCH3 is 1. The van der Waals surface area contributed by atoms with Crippen LogP contribution in [0.25, 0.3) is 10.8 Å². The lowest BCUT2D eigenvalue weighted by molar-refractivity contribution is -0.118. The second kappa shape index (κ2) is 8.08. The number of ether oxygens (including phenoxy) is 2. The Morgan fingerprint density at radius 1 is 0.897 bits per heavy atom. The second-order valence-electron chi connectivity index (χ2n) is 7.86. The lowest BCUT2D eigenvalue weighted by Gasteiger charge is -2.27. The first kappa shape index (κ1) is 20.6. The summed E-state index contributed by atoms with van der Waals surface area (Å²) in [6.07, 6.45) is 0. The molecule has 0 aromatic heterocycles. The molecule has 0 amide bonds. The molecule has 0 saturated carbocycles. The van der Waals surface area contributed by atoms with E-state index in [9.17, 15) is 9.59 Å². The summed E-state index contributed by atoms with van der Waals surface area (Å²) in [5, 5.41) is 2.07. The summed E-state index contributed by atoms with van der Waals surface area (Å²) >= 11 is 0. The maximum Gasteiger partial charge on any atom is 0.337 e. The number of hydrogen-bond donors (Lipinski definition) is 0. The van der Waals surface area contributed by atoms with E-state index in [0.717, 1.165) is 27.6 Å². The smallest absolute Gasteiger partial charge is 0.337 e. The molecule has 0 radical (unpaired) electrons. The van der Waals surface area contributed by atoms with E-state index in [1.54, 1.807) is 6.07 Å². The van der Waals surface area contributed by atoms with Gasteiger partial charge < -0.3 is 9.47 Å². The first-order chi connectivity index (χ1) is 13.7. The number of benzene rings is 3. The minimum atomic E-state index is -0.334. The monoisotopic (exact) mass is 390 g/mol. The minimum absolute atomic E-state index is 0.000303. The molecule has 4 heteroatoms. The Morgan fingerprint density at radius 2 is 1.52 bits per heavy atom. The van der Waals surface area contributed by atoms with Crippen molar-refractivity contribution >= 4 is 22.5 Å². The van der Waals surface area contributed by atoms with Crippen LogP contribution in [0.1, 0.15) is 47.8 Å². The van der Waals surface area contributed by atoms with E-state index >= 15 is 0 Å². The van der Waals surface area contributed by atoms with Crippen molar-refractivity contribution in [1.82, 2.24) is 0 Å². The van der Waals surface area contributed by atoms with Gasteiger partial charge in [-0.2, -0.15) is 0 Å². The summed E-state index contributed by atoms with van der Waals surface area (Å²) in [5.74, 6) is 0.396. The van der Waals surface area contributed by atoms with Crippen LogP contribution in [0.5, 0.6) is 5.75 Å². The normalized spacial score (nSPS) is 11.3. The number of esters is 1. The highest BCUT2D eigenvalue weighted by molar-refractivity contribution is 5.95. The fraction of sp³-hybridized carbons (Fsp3) is 0.280. The van der Waals surface area contributed by atoms with Gasteiger partial charge in [0.05, 0.1) is 12.7 Å². The second-order valence-corrected chi connectivity index (χ2v) is 7.86. The van der Waals surface area contributed by atoms with Gasteiger partial charge in [-0.15, -0.1) is 0 Å². The summed E-state index contributed by atoms with van der Waals surface area (Å²) in [7, 11) is 1.39. The molecular formula is C25H26O4. The third-order valence-electron chi connectivity index (χ3n) is 5.31. The molecule has 0 saturated heterocycles. The van der Waals surface area contributed by atoms with Crippen molar-refractivity contribution < 1.29 is 19.1 Å². The Balaban J connectivity index is 1.94. The number of Topliss-reactive ketones (excluding diaryl/α,β-unsaturated/α-hetero) is 1. The molecule has 0 fully saturated rings. The summed E-state index contributed by atoms with van der Waals surface area (Å²) in [6.45, 7) is 7.95. The highest BCUT2D eigenvalue weighted by Gasteiger charge is 2.24. The zero-order valence-electron chi connectivity index (χ0n) is 17.5. The van der Waals surface area contributed by atoms with Crippen molar-refractivity contribution in [2.75, 3.05) is 13.7 Å². The number of fused-ring (bicyclic) bond motifs is 1. The maximum atomic E-state index is 11.8. The molecule has 0 bridgehead atoms. The number of carbonyl (C=O) groups is 2. The third kappa shape index (κ3) is 4.32. The van der Waals surface area contributed by atoms with Crippen LogP contribution in [-0.4, -0.2) is 25.5 Å². The Labute approximate surface area is 171 Å². The van der Waals surface area contributed by atoms with Gasteiger partial charge in [-0.1, -0.05) is 50.2 Å². The summed E-state index contributed by atoms with van der Waals surface area (Å²) in [4.78, 5) is 22.9. The number of aryl methyl sites for hydroxylation is 1. The molecule has 0 aliphatic carbocycles. The van der Waals surface area contributed by atoms with Gasteiger partial charge >= 0.3 is 5.97 Å². The predicted octanol–water partition coefficient (Wildman–Crippen LogP) is 5.23. The van der Waals surface area contributed by atoms with E-state index in [1.165, 1.54) is 19.6 Å². The molecule has 0 heterocycles. The first-order valence-corrected chi connectivity index (χ1v) is 9.58. The summed E-state index contributed by atoms with van der Waals surface area (Å²) in [6, 6.07) is 18.0. The zero-order valence-corrected chi connectivity index (χ0v) is 17.5. The average Bonchev–Trinajstić information content (AvgIpc) is 2.71. The van der Waals surface area contributed by atoms with Crippen molar-refractivity contribution in [1.29, 1.82) is 0 Å². The molecule has 29 heavy (non-hydrogen) atoms. The van der Waals surface area contributed by atoms with E-state index in [0.29, 0.717) is 5.56 Å². The van der Waals surface area contributed by atoms with Crippen molar-refractivity contribution in [2.24, 2.45) is 0 Å². The SMILES string of the molecule is COC(=O)c1ccc2cc(C(C)(C)c3ccc(OCC(C)=O)c(C)c3)ccc2c1. The average molecular weight is 390 g/mol. The summed E-state index contributed by atoms with van der Waals surface area (Å²) in [5.41, 5.74) is 3.66. The lowest BCUT2D eigenvalue weighted by atomic mass is 9.77. The molecule has 0 N–H and O–H groups in total. The number of ketones is 1. The van der Waals surface area contributed by atoms with Crippen LogP contribution in [0.15, 0.2) is 54.6 Å². The van der Waals surface area contributed by atoms with E-state index in [-0.39, 0.29) is 23.8 Å². The highest BCUT2D eigenvalue weighted by Crippen LogP contribution is 2.35. The van der Waals surface area contributed by atoms with Crippen molar-refractivity contribution in [2.45, 2.75) is 33.1 Å². The fourth-order valence-corrected chi connectivity index (χ4v) is 3.43. The molecule has 150 valence electrons. The van der Waals surface area contributed by atoms with E-state index in [4.69, 9.17) is 9.47 Å². The molecule has 3 aromatic carbocycles. The largest absolute Gasteiger partial charge is 0.486 e. The van der Waals surface area contributed by atoms with Crippen LogP contribution in [0.2, 0.25) is 0 Å². The standard InChI is InChI=1S/C25H26O4/c1-16-12-21(10-11-23(16)29-15-17(2)26)25(3,4)22-9-8-18-13-20(24(27)28-5)7-6-19(18)14-22/h6-14H,15H2,1-5H3. The molecule has 0 aliphatic heterocycles. The molecule has 4 nitrogen and oxygen atoms in total. The number of carbonyl (C=O) groups excluding carboxylic acids is 2. The molecule has 0 spiro atoms. The summed E-state index contributed by atoms with van der Waals surface area (Å²) < 4.78 is 10.4. The molecule has 0 atom stereocenters. The third-order valence-corrected chi connectivity index (χ3v) is 5.31. The van der Waals surface area contributed by atoms with Crippen molar-refractivity contribution in [3.05, 3.63) is 76.9 Å². The van der Waals surface area contributed by atoms with Gasteiger partial charge in [-0.25, -0.2) is 4.79 Å². The first-order valence-electron chi connectivity index (χ1n) is 9.58. The van der Waals surface area contributed by atoms with Crippen LogP contribution in [0.3, 0.4) is 0 Å². The van der Waals surface area contributed by atoms with Crippen LogP contribution in [0, 0.1) is 6.92 Å². The van der Waals surface area contributed by atoms with Crippen LogP contribution in [0.4, 0.5) is 0 Å². The van der Waals surface area contributed by atoms with Gasteiger partial charge in [0.2, 0.25) is 0 Å². The van der Waals surface area contributed by atoms with Crippen molar-refractivity contribution in [3.63, 3.8) is 0 Å².